The van der Waals surface area contributed by atoms with Crippen LogP contribution in [0.25, 0.3) is 0 Å². The molecule has 0 saturated heterocycles. The minimum Gasteiger partial charge on any atom is -0.366 e. The van der Waals surface area contributed by atoms with E-state index in [1.807, 2.05) is 6.07 Å². The van der Waals surface area contributed by atoms with E-state index in [0.717, 1.165) is 19.4 Å². The van der Waals surface area contributed by atoms with Crippen molar-refractivity contribution in [2.75, 3.05) is 12.7 Å². The Balaban J connectivity index is 2.16. The molecule has 1 aromatic carbocycles. The van der Waals surface area contributed by atoms with Crippen molar-refractivity contribution in [3.63, 3.8) is 0 Å². The van der Waals surface area contributed by atoms with Gasteiger partial charge in [0.2, 0.25) is 0 Å². The second-order valence-electron chi connectivity index (χ2n) is 2.61. The van der Waals surface area contributed by atoms with Crippen LogP contribution in [0.15, 0.2) is 30.3 Å². The third-order valence-corrected chi connectivity index (χ3v) is 1.83. The van der Waals surface area contributed by atoms with E-state index in [0.29, 0.717) is 6.07 Å². The SMILES string of the molecule is ClCOCCCc1ccccc1. The van der Waals surface area contributed by atoms with E-state index in [1.165, 1.54) is 5.56 Å². The van der Waals surface area contributed by atoms with Gasteiger partial charge < -0.3 is 4.74 Å². The second-order valence-corrected chi connectivity index (χ2v) is 2.82. The van der Waals surface area contributed by atoms with Gasteiger partial charge in [-0.05, 0) is 18.4 Å². The highest BCUT2D eigenvalue weighted by molar-refractivity contribution is 6.17. The molecule has 0 aliphatic rings. The number of alkyl halides is 1. The molecular weight excluding hydrogens is 172 g/mol. The molecule has 0 saturated carbocycles. The Morgan fingerprint density at radius 3 is 2.58 bits per heavy atom. The van der Waals surface area contributed by atoms with Crippen molar-refractivity contribution < 1.29 is 4.74 Å². The first-order valence-corrected chi connectivity index (χ1v) is 4.64. The van der Waals surface area contributed by atoms with Gasteiger partial charge in [-0.25, -0.2) is 0 Å². The molecule has 2 heteroatoms. The van der Waals surface area contributed by atoms with Crippen molar-refractivity contribution in [3.8, 4) is 0 Å². The van der Waals surface area contributed by atoms with Gasteiger partial charge in [0.25, 0.3) is 0 Å². The average molecular weight is 185 g/mol. The molecule has 1 rings (SSSR count). The van der Waals surface area contributed by atoms with Gasteiger partial charge in [-0.3, -0.25) is 0 Å². The van der Waals surface area contributed by atoms with Gasteiger partial charge in [0, 0.05) is 6.61 Å². The van der Waals surface area contributed by atoms with Crippen molar-refractivity contribution in [1.29, 1.82) is 0 Å². The van der Waals surface area contributed by atoms with Crippen molar-refractivity contribution in [2.45, 2.75) is 12.8 Å². The van der Waals surface area contributed by atoms with Crippen LogP contribution < -0.4 is 0 Å². The number of hydrogen-bond donors (Lipinski definition) is 0. The summed E-state index contributed by atoms with van der Waals surface area (Å²) in [5.74, 6) is 0. The summed E-state index contributed by atoms with van der Waals surface area (Å²) >= 11 is 5.36. The van der Waals surface area contributed by atoms with Crippen LogP contribution in [0.4, 0.5) is 0 Å². The topological polar surface area (TPSA) is 9.23 Å². The zero-order chi connectivity index (χ0) is 8.65. The van der Waals surface area contributed by atoms with E-state index in [2.05, 4.69) is 24.3 Å². The van der Waals surface area contributed by atoms with Gasteiger partial charge in [0.05, 0.1) is 0 Å². The summed E-state index contributed by atoms with van der Waals surface area (Å²) in [6, 6.07) is 10.7. The smallest absolute Gasteiger partial charge is 0.120 e. The molecule has 0 atom stereocenters. The number of halogens is 1. The van der Waals surface area contributed by atoms with Crippen molar-refractivity contribution in [1.82, 2.24) is 0 Å². The number of hydrogen-bond acceptors (Lipinski definition) is 1. The molecule has 0 aromatic heterocycles. The van der Waals surface area contributed by atoms with Crippen LogP contribution in [0.1, 0.15) is 12.0 Å². The van der Waals surface area contributed by atoms with Gasteiger partial charge in [-0.1, -0.05) is 41.9 Å². The molecule has 0 unspecified atom stereocenters. The van der Waals surface area contributed by atoms with Crippen LogP contribution in [0.3, 0.4) is 0 Å². The molecule has 12 heavy (non-hydrogen) atoms. The average Bonchev–Trinajstić information content (AvgIpc) is 2.14. The molecule has 0 N–H and O–H groups in total. The van der Waals surface area contributed by atoms with Gasteiger partial charge in [-0.2, -0.15) is 0 Å². The first kappa shape index (κ1) is 9.56. The fraction of sp³-hybridized carbons (Fsp3) is 0.400. The van der Waals surface area contributed by atoms with Crippen molar-refractivity contribution in [3.05, 3.63) is 35.9 Å². The predicted molar refractivity (Wildman–Crippen MR) is 51.4 cm³/mol. The van der Waals surface area contributed by atoms with E-state index in [9.17, 15) is 0 Å². The Labute approximate surface area is 78.3 Å². The molecule has 0 radical (unpaired) electrons. The Hall–Kier alpha value is -0.530. The molecule has 0 spiro atoms. The third kappa shape index (κ3) is 3.74. The van der Waals surface area contributed by atoms with E-state index >= 15 is 0 Å². The van der Waals surface area contributed by atoms with Crippen LogP contribution in [0, 0.1) is 0 Å². The molecule has 1 aromatic rings. The van der Waals surface area contributed by atoms with Crippen LogP contribution >= 0.6 is 11.6 Å². The van der Waals surface area contributed by atoms with Crippen LogP contribution in [0.2, 0.25) is 0 Å². The van der Waals surface area contributed by atoms with E-state index in [4.69, 9.17) is 16.3 Å². The van der Waals surface area contributed by atoms with Crippen molar-refractivity contribution >= 4 is 11.6 Å². The highest BCUT2D eigenvalue weighted by Crippen LogP contribution is 2.02. The molecule has 0 aliphatic carbocycles. The second kappa shape index (κ2) is 6.04. The number of aryl methyl sites for hydroxylation is 1. The number of benzene rings is 1. The predicted octanol–water partition coefficient (Wildman–Crippen LogP) is 2.83. The Bertz CT molecular complexity index is 198. The largest absolute Gasteiger partial charge is 0.366 e. The van der Waals surface area contributed by atoms with Crippen molar-refractivity contribution in [2.24, 2.45) is 0 Å². The van der Waals surface area contributed by atoms with Crippen LogP contribution in [-0.2, 0) is 11.2 Å². The highest BCUT2D eigenvalue weighted by atomic mass is 35.5. The quantitative estimate of drug-likeness (QED) is 0.505. The summed E-state index contributed by atoms with van der Waals surface area (Å²) in [7, 11) is 0. The van der Waals surface area contributed by atoms with Crippen LogP contribution in [0.5, 0.6) is 0 Å². The zero-order valence-corrected chi connectivity index (χ0v) is 7.76. The summed E-state index contributed by atoms with van der Waals surface area (Å²) in [6.07, 6.45) is 2.11. The minimum absolute atomic E-state index is 0.300. The van der Waals surface area contributed by atoms with Gasteiger partial charge >= 0.3 is 0 Å². The maximum atomic E-state index is 5.36. The molecular formula is C10H13ClO. The standard InChI is InChI=1S/C10H13ClO/c11-9-12-8-4-7-10-5-2-1-3-6-10/h1-3,5-6H,4,7-9H2. The lowest BCUT2D eigenvalue weighted by molar-refractivity contribution is 0.176. The lowest BCUT2D eigenvalue weighted by Crippen LogP contribution is -1.94. The van der Waals surface area contributed by atoms with Gasteiger partial charge in [-0.15, -0.1) is 0 Å². The third-order valence-electron chi connectivity index (χ3n) is 1.67. The molecule has 0 heterocycles. The zero-order valence-electron chi connectivity index (χ0n) is 7.00. The fourth-order valence-electron chi connectivity index (χ4n) is 1.08. The summed E-state index contributed by atoms with van der Waals surface area (Å²) in [4.78, 5) is 0. The Morgan fingerprint density at radius 1 is 1.17 bits per heavy atom. The Kier molecular flexibility index (Phi) is 4.81. The molecule has 66 valence electrons. The van der Waals surface area contributed by atoms with E-state index in [-0.39, 0.29) is 0 Å². The highest BCUT2D eigenvalue weighted by Gasteiger charge is 1.90. The van der Waals surface area contributed by atoms with Gasteiger partial charge in [0.1, 0.15) is 6.07 Å². The molecule has 0 aliphatic heterocycles. The first-order valence-electron chi connectivity index (χ1n) is 4.11. The number of rotatable bonds is 5. The summed E-state index contributed by atoms with van der Waals surface area (Å²) in [6.45, 7) is 0.748. The molecule has 0 fully saturated rings. The lowest BCUT2D eigenvalue weighted by atomic mass is 10.1. The maximum Gasteiger partial charge on any atom is 0.120 e. The number of ether oxygens (including phenoxy) is 1. The van der Waals surface area contributed by atoms with E-state index in [1.54, 1.807) is 0 Å². The normalized spacial score (nSPS) is 10.1. The van der Waals surface area contributed by atoms with Crippen LogP contribution in [-0.4, -0.2) is 12.7 Å². The monoisotopic (exact) mass is 184 g/mol. The molecule has 0 bridgehead atoms. The summed E-state index contributed by atoms with van der Waals surface area (Å²) in [5.41, 5.74) is 1.36. The Morgan fingerprint density at radius 2 is 1.92 bits per heavy atom. The summed E-state index contributed by atoms with van der Waals surface area (Å²) < 4.78 is 5.02. The lowest BCUT2D eigenvalue weighted by Gasteiger charge is -2.00. The van der Waals surface area contributed by atoms with Gasteiger partial charge in [0.15, 0.2) is 0 Å². The summed E-state index contributed by atoms with van der Waals surface area (Å²) in [5, 5.41) is 0. The first-order chi connectivity index (χ1) is 5.93. The molecule has 1 nitrogen and oxygen atoms in total. The molecule has 0 amide bonds. The fourth-order valence-corrected chi connectivity index (χ4v) is 1.19. The maximum absolute atomic E-state index is 5.36. The van der Waals surface area contributed by atoms with E-state index < -0.39 is 0 Å². The minimum atomic E-state index is 0.300.